The third-order valence-corrected chi connectivity index (χ3v) is 4.01. The first-order valence-electron chi connectivity index (χ1n) is 7.50. The molecule has 0 saturated carbocycles. The van der Waals surface area contributed by atoms with Crippen LogP contribution in [0, 0.1) is 0 Å². The van der Waals surface area contributed by atoms with Crippen LogP contribution in [0.25, 0.3) is 0 Å². The van der Waals surface area contributed by atoms with E-state index in [4.69, 9.17) is 16.3 Å². The molecule has 0 radical (unpaired) electrons. The van der Waals surface area contributed by atoms with Gasteiger partial charge in [0.25, 0.3) is 5.91 Å². The van der Waals surface area contributed by atoms with E-state index in [-0.39, 0.29) is 11.3 Å². The first-order chi connectivity index (χ1) is 12.2. The Morgan fingerprint density at radius 3 is 2.46 bits per heavy atom. The topological polar surface area (TPSA) is 102 Å². The Morgan fingerprint density at radius 1 is 1.12 bits per heavy atom. The lowest BCUT2D eigenvalue weighted by Gasteiger charge is -2.15. The van der Waals surface area contributed by atoms with Gasteiger partial charge in [-0.25, -0.2) is 13.2 Å². The molecular weight excluding hydrogens is 380 g/mol. The summed E-state index contributed by atoms with van der Waals surface area (Å²) in [7, 11) is -3.57. The fraction of sp³-hybridized carbons (Fsp3) is 0.176. The van der Waals surface area contributed by atoms with E-state index in [1.807, 2.05) is 0 Å². The molecule has 0 saturated heterocycles. The number of amides is 1. The van der Waals surface area contributed by atoms with Crippen molar-refractivity contribution in [1.82, 2.24) is 0 Å². The summed E-state index contributed by atoms with van der Waals surface area (Å²) in [5.74, 6) is -1.38. The number of hydrogen-bond donors (Lipinski definition) is 2. The van der Waals surface area contributed by atoms with E-state index < -0.39 is 28.0 Å². The molecule has 26 heavy (non-hydrogen) atoms. The Kier molecular flexibility index (Phi) is 6.23. The highest BCUT2D eigenvalue weighted by Crippen LogP contribution is 2.19. The van der Waals surface area contributed by atoms with Crippen LogP contribution in [0.4, 0.5) is 11.4 Å². The molecule has 0 fully saturated rings. The van der Waals surface area contributed by atoms with Crippen LogP contribution in [0.15, 0.2) is 48.5 Å². The van der Waals surface area contributed by atoms with Gasteiger partial charge in [0, 0.05) is 10.7 Å². The van der Waals surface area contributed by atoms with Crippen molar-refractivity contribution in [3.8, 4) is 0 Å². The van der Waals surface area contributed by atoms with Crippen molar-refractivity contribution < 1.29 is 22.7 Å². The maximum absolute atomic E-state index is 12.3. The number of benzene rings is 2. The van der Waals surface area contributed by atoms with Gasteiger partial charge in [-0.2, -0.15) is 0 Å². The van der Waals surface area contributed by atoms with E-state index in [9.17, 15) is 18.0 Å². The minimum absolute atomic E-state index is 0.000306. The van der Waals surface area contributed by atoms with Gasteiger partial charge in [0.05, 0.1) is 17.5 Å². The summed E-state index contributed by atoms with van der Waals surface area (Å²) in [4.78, 5) is 24.5. The second kappa shape index (κ2) is 8.20. The number of rotatable bonds is 6. The van der Waals surface area contributed by atoms with E-state index in [0.29, 0.717) is 10.7 Å². The van der Waals surface area contributed by atoms with E-state index in [2.05, 4.69) is 10.0 Å². The highest BCUT2D eigenvalue weighted by atomic mass is 35.5. The molecule has 9 heteroatoms. The number of hydrogen-bond acceptors (Lipinski definition) is 5. The summed E-state index contributed by atoms with van der Waals surface area (Å²) in [6.07, 6.45) is -0.135. The summed E-state index contributed by atoms with van der Waals surface area (Å²) in [5.41, 5.74) is 0.535. The summed E-state index contributed by atoms with van der Waals surface area (Å²) >= 11 is 5.85. The smallest absolute Gasteiger partial charge is 0.341 e. The largest absolute Gasteiger partial charge is 0.449 e. The molecule has 0 aliphatic heterocycles. The van der Waals surface area contributed by atoms with Crippen molar-refractivity contribution in [2.75, 3.05) is 16.3 Å². The monoisotopic (exact) mass is 396 g/mol. The predicted molar refractivity (Wildman–Crippen MR) is 99.9 cm³/mol. The Bertz CT molecular complexity index is 930. The number of sulfonamides is 1. The molecule has 2 aromatic rings. The Balaban J connectivity index is 2.08. The average Bonchev–Trinajstić information content (AvgIpc) is 2.53. The minimum Gasteiger partial charge on any atom is -0.449 e. The maximum atomic E-state index is 12.3. The van der Waals surface area contributed by atoms with Gasteiger partial charge < -0.3 is 10.1 Å². The van der Waals surface area contributed by atoms with Crippen molar-refractivity contribution in [2.45, 2.75) is 13.0 Å². The van der Waals surface area contributed by atoms with E-state index in [1.54, 1.807) is 36.4 Å². The van der Waals surface area contributed by atoms with Gasteiger partial charge >= 0.3 is 5.97 Å². The lowest BCUT2D eigenvalue weighted by molar-refractivity contribution is -0.123. The molecule has 2 rings (SSSR count). The van der Waals surface area contributed by atoms with Crippen LogP contribution in [-0.2, 0) is 19.6 Å². The zero-order valence-corrected chi connectivity index (χ0v) is 15.6. The summed E-state index contributed by atoms with van der Waals surface area (Å²) in [5, 5.41) is 3.03. The van der Waals surface area contributed by atoms with Crippen molar-refractivity contribution >= 4 is 44.9 Å². The quantitative estimate of drug-likeness (QED) is 0.731. The number of anilines is 2. The molecule has 1 atom stereocenters. The first-order valence-corrected chi connectivity index (χ1v) is 9.77. The molecule has 2 N–H and O–H groups in total. The summed E-state index contributed by atoms with van der Waals surface area (Å²) in [6, 6.07) is 12.5. The molecule has 0 spiro atoms. The molecule has 7 nitrogen and oxygen atoms in total. The molecule has 0 bridgehead atoms. The number of nitrogens with one attached hydrogen (secondary N) is 2. The molecule has 1 amide bonds. The standard InChI is InChI=1S/C17H17ClN2O5S/c1-11(16(21)19-13-7-5-6-12(18)10-13)25-17(22)14-8-3-4-9-15(14)20-26(2,23)24/h3-11,20H,1-2H3,(H,19,21)/t11-/m1/s1. The van der Waals surface area contributed by atoms with Crippen LogP contribution in [0.1, 0.15) is 17.3 Å². The highest BCUT2D eigenvalue weighted by molar-refractivity contribution is 7.92. The van der Waals surface area contributed by atoms with Crippen LogP contribution < -0.4 is 10.0 Å². The van der Waals surface area contributed by atoms with Gasteiger partial charge in [0.15, 0.2) is 6.10 Å². The van der Waals surface area contributed by atoms with Crippen molar-refractivity contribution in [2.24, 2.45) is 0 Å². The van der Waals surface area contributed by atoms with Crippen LogP contribution in [0.2, 0.25) is 5.02 Å². The molecule has 0 aromatic heterocycles. The first kappa shape index (κ1) is 19.7. The van der Waals surface area contributed by atoms with E-state index in [0.717, 1.165) is 6.26 Å². The van der Waals surface area contributed by atoms with Crippen LogP contribution in [0.3, 0.4) is 0 Å². The lowest BCUT2D eigenvalue weighted by Crippen LogP contribution is -2.30. The SMILES string of the molecule is C[C@@H](OC(=O)c1ccccc1NS(C)(=O)=O)C(=O)Nc1cccc(Cl)c1. The Hall–Kier alpha value is -2.58. The Labute approximate surface area is 156 Å². The molecule has 138 valence electrons. The van der Waals surface area contributed by atoms with Gasteiger partial charge in [-0.1, -0.05) is 29.8 Å². The number of halogens is 1. The normalized spacial score (nSPS) is 12.1. The third kappa shape index (κ3) is 5.75. The van der Waals surface area contributed by atoms with Gasteiger partial charge in [-0.05, 0) is 37.3 Å². The van der Waals surface area contributed by atoms with Crippen LogP contribution in [0.5, 0.6) is 0 Å². The maximum Gasteiger partial charge on any atom is 0.341 e. The fourth-order valence-electron chi connectivity index (χ4n) is 2.04. The Morgan fingerprint density at radius 2 is 1.81 bits per heavy atom. The minimum atomic E-state index is -3.57. The second-order valence-electron chi connectivity index (χ2n) is 5.47. The van der Waals surface area contributed by atoms with Crippen LogP contribution in [-0.4, -0.2) is 32.7 Å². The number of carbonyl (C=O) groups is 2. The number of carbonyl (C=O) groups excluding carboxylic acids is 2. The van der Waals surface area contributed by atoms with E-state index in [1.165, 1.54) is 19.1 Å². The van der Waals surface area contributed by atoms with Crippen molar-refractivity contribution in [3.05, 3.63) is 59.1 Å². The second-order valence-corrected chi connectivity index (χ2v) is 7.65. The van der Waals surface area contributed by atoms with Gasteiger partial charge in [-0.15, -0.1) is 0 Å². The number of ether oxygens (including phenoxy) is 1. The number of para-hydroxylation sites is 1. The average molecular weight is 397 g/mol. The molecule has 0 heterocycles. The fourth-order valence-corrected chi connectivity index (χ4v) is 2.81. The number of esters is 1. The highest BCUT2D eigenvalue weighted by Gasteiger charge is 2.21. The summed E-state index contributed by atoms with van der Waals surface area (Å²) < 4.78 is 30.2. The molecule has 0 unspecified atom stereocenters. The van der Waals surface area contributed by atoms with Gasteiger partial charge in [0.1, 0.15) is 0 Å². The molecular formula is C17H17ClN2O5S. The third-order valence-electron chi connectivity index (χ3n) is 3.19. The van der Waals surface area contributed by atoms with Crippen molar-refractivity contribution in [1.29, 1.82) is 0 Å². The lowest BCUT2D eigenvalue weighted by atomic mass is 10.2. The zero-order valence-electron chi connectivity index (χ0n) is 14.0. The van der Waals surface area contributed by atoms with Gasteiger partial charge in [-0.3, -0.25) is 9.52 Å². The predicted octanol–water partition coefficient (Wildman–Crippen LogP) is 2.90. The zero-order chi connectivity index (χ0) is 19.3. The van der Waals surface area contributed by atoms with Gasteiger partial charge in [0.2, 0.25) is 10.0 Å². The van der Waals surface area contributed by atoms with E-state index >= 15 is 0 Å². The molecule has 2 aromatic carbocycles. The summed E-state index contributed by atoms with van der Waals surface area (Å²) in [6.45, 7) is 1.41. The molecule has 0 aliphatic rings. The molecule has 0 aliphatic carbocycles. The van der Waals surface area contributed by atoms with Crippen molar-refractivity contribution in [3.63, 3.8) is 0 Å². The van der Waals surface area contributed by atoms with Crippen LogP contribution >= 0.6 is 11.6 Å².